The quantitative estimate of drug-likeness (QED) is 0.595. The first-order chi connectivity index (χ1) is 7.57. The summed E-state index contributed by atoms with van der Waals surface area (Å²) in [5.41, 5.74) is 4.14. The molecule has 2 rings (SSSR count). The number of fused-ring (bicyclic) bond motifs is 1. The van der Waals surface area contributed by atoms with Crippen molar-refractivity contribution in [2.75, 3.05) is 0 Å². The summed E-state index contributed by atoms with van der Waals surface area (Å²) >= 11 is 0. The zero-order valence-electron chi connectivity index (χ0n) is 10.2. The van der Waals surface area contributed by atoms with E-state index in [1.807, 2.05) is 0 Å². The first kappa shape index (κ1) is 11.2. The van der Waals surface area contributed by atoms with Crippen molar-refractivity contribution >= 4 is 5.71 Å². The summed E-state index contributed by atoms with van der Waals surface area (Å²) in [4.78, 5) is 0. The summed E-state index contributed by atoms with van der Waals surface area (Å²) in [5, 5.41) is 20.0. The van der Waals surface area contributed by atoms with Crippen LogP contribution in [-0.4, -0.2) is 21.1 Å². The Kier molecular flexibility index (Phi) is 2.74. The zero-order valence-corrected chi connectivity index (χ0v) is 10.2. The van der Waals surface area contributed by atoms with E-state index in [0.717, 1.165) is 48.3 Å². The molecule has 0 radical (unpaired) electrons. The van der Waals surface area contributed by atoms with E-state index in [0.29, 0.717) is 0 Å². The minimum absolute atomic E-state index is 0.143. The van der Waals surface area contributed by atoms with Crippen LogP contribution in [0.5, 0.6) is 0 Å². The molecule has 1 aromatic heterocycles. The monoisotopic (exact) mass is 221 g/mol. The third-order valence-corrected chi connectivity index (χ3v) is 3.11. The van der Waals surface area contributed by atoms with Crippen LogP contribution >= 0.6 is 0 Å². The van der Waals surface area contributed by atoms with Crippen molar-refractivity contribution in [1.82, 2.24) is 10.2 Å². The topological polar surface area (TPSA) is 61.3 Å². The second-order valence-electron chi connectivity index (χ2n) is 5.34. The first-order valence-electron chi connectivity index (χ1n) is 5.85. The van der Waals surface area contributed by atoms with Crippen molar-refractivity contribution in [3.05, 3.63) is 17.0 Å². The Morgan fingerprint density at radius 2 is 2.19 bits per heavy atom. The predicted molar refractivity (Wildman–Crippen MR) is 63.0 cm³/mol. The van der Waals surface area contributed by atoms with Crippen molar-refractivity contribution in [2.24, 2.45) is 10.6 Å². The molecule has 1 aliphatic rings. The highest BCUT2D eigenvalue weighted by atomic mass is 16.4. The molecule has 1 heterocycles. The molecule has 0 aromatic carbocycles. The number of nitrogens with zero attached hydrogens (tertiary/aromatic N) is 2. The molecule has 0 spiro atoms. The van der Waals surface area contributed by atoms with Crippen molar-refractivity contribution < 1.29 is 5.21 Å². The van der Waals surface area contributed by atoms with Crippen LogP contribution in [0.25, 0.3) is 0 Å². The van der Waals surface area contributed by atoms with Crippen molar-refractivity contribution in [1.29, 1.82) is 0 Å². The minimum Gasteiger partial charge on any atom is -0.411 e. The second-order valence-corrected chi connectivity index (χ2v) is 5.34. The number of oxime groups is 1. The molecular formula is C12H19N3O. The molecule has 0 saturated carbocycles. The van der Waals surface area contributed by atoms with E-state index >= 15 is 0 Å². The van der Waals surface area contributed by atoms with Gasteiger partial charge >= 0.3 is 0 Å². The maximum Gasteiger partial charge on any atom is 0.0910 e. The second kappa shape index (κ2) is 3.92. The van der Waals surface area contributed by atoms with Crippen LogP contribution in [0, 0.1) is 5.41 Å². The molecule has 2 N–H and O–H groups in total. The number of aromatic amines is 1. The van der Waals surface area contributed by atoms with Gasteiger partial charge in [0.25, 0.3) is 0 Å². The van der Waals surface area contributed by atoms with Crippen LogP contribution in [0.15, 0.2) is 5.16 Å². The standard InChI is InChI=1S/C12H19N3O/c1-4-5-8-11-9(14-13-8)6-12(2,3)7-10(11)15-16/h16H,4-7H2,1-3H3,(H,13,14). The van der Waals surface area contributed by atoms with Gasteiger partial charge in [0.15, 0.2) is 0 Å². The van der Waals surface area contributed by atoms with Crippen molar-refractivity contribution in [3.8, 4) is 0 Å². The summed E-state index contributed by atoms with van der Waals surface area (Å²) in [6, 6.07) is 0. The third-order valence-electron chi connectivity index (χ3n) is 3.11. The van der Waals surface area contributed by atoms with Crippen LogP contribution in [0.1, 0.15) is 50.6 Å². The SMILES string of the molecule is CCCc1n[nH]c2c1C(=NO)CC(C)(C)C2. The lowest BCUT2D eigenvalue weighted by Crippen LogP contribution is -2.27. The lowest BCUT2D eigenvalue weighted by Gasteiger charge is -2.29. The van der Waals surface area contributed by atoms with Crippen LogP contribution in [-0.2, 0) is 12.8 Å². The minimum atomic E-state index is 0.143. The van der Waals surface area contributed by atoms with E-state index < -0.39 is 0 Å². The lowest BCUT2D eigenvalue weighted by atomic mass is 9.75. The van der Waals surface area contributed by atoms with Gasteiger partial charge in [0.05, 0.1) is 11.4 Å². The molecular weight excluding hydrogens is 202 g/mol. The molecule has 0 unspecified atom stereocenters. The van der Waals surface area contributed by atoms with E-state index in [-0.39, 0.29) is 5.41 Å². The molecule has 88 valence electrons. The summed E-state index contributed by atoms with van der Waals surface area (Å²) in [5.74, 6) is 0. The Balaban J connectivity index is 2.45. The Hall–Kier alpha value is -1.32. The van der Waals surface area contributed by atoms with Gasteiger partial charge in [0.2, 0.25) is 0 Å². The Bertz CT molecular complexity index is 418. The van der Waals surface area contributed by atoms with Crippen molar-refractivity contribution in [2.45, 2.75) is 46.5 Å². The van der Waals surface area contributed by atoms with Gasteiger partial charge in [-0.25, -0.2) is 0 Å². The van der Waals surface area contributed by atoms with Crippen LogP contribution in [0.2, 0.25) is 0 Å². The average Bonchev–Trinajstić information content (AvgIpc) is 2.59. The number of nitrogens with one attached hydrogen (secondary N) is 1. The molecule has 0 saturated heterocycles. The molecule has 16 heavy (non-hydrogen) atoms. The number of H-pyrrole nitrogens is 1. The number of rotatable bonds is 2. The van der Waals surface area contributed by atoms with Gasteiger partial charge in [-0.3, -0.25) is 5.10 Å². The van der Waals surface area contributed by atoms with Gasteiger partial charge in [-0.05, 0) is 24.7 Å². The van der Waals surface area contributed by atoms with E-state index in [1.54, 1.807) is 0 Å². The van der Waals surface area contributed by atoms with Crippen LogP contribution in [0.4, 0.5) is 0 Å². The number of hydrogen-bond acceptors (Lipinski definition) is 3. The maximum absolute atomic E-state index is 9.13. The molecule has 4 heteroatoms. The normalized spacial score (nSPS) is 21.1. The Morgan fingerprint density at radius 3 is 2.81 bits per heavy atom. The first-order valence-corrected chi connectivity index (χ1v) is 5.85. The summed E-state index contributed by atoms with van der Waals surface area (Å²) < 4.78 is 0. The predicted octanol–water partition coefficient (Wildman–Crippen LogP) is 2.51. The van der Waals surface area contributed by atoms with E-state index in [1.165, 1.54) is 0 Å². The third kappa shape index (κ3) is 1.84. The fourth-order valence-corrected chi connectivity index (χ4v) is 2.48. The summed E-state index contributed by atoms with van der Waals surface area (Å²) in [7, 11) is 0. The molecule has 0 bridgehead atoms. The molecule has 0 amide bonds. The fraction of sp³-hybridized carbons (Fsp3) is 0.667. The molecule has 4 nitrogen and oxygen atoms in total. The van der Waals surface area contributed by atoms with Gasteiger partial charge < -0.3 is 5.21 Å². The highest BCUT2D eigenvalue weighted by Crippen LogP contribution is 2.35. The lowest BCUT2D eigenvalue weighted by molar-refractivity contribution is 0.306. The summed E-state index contributed by atoms with van der Waals surface area (Å²) in [6.45, 7) is 6.49. The zero-order chi connectivity index (χ0) is 11.8. The largest absolute Gasteiger partial charge is 0.411 e. The highest BCUT2D eigenvalue weighted by molar-refractivity contribution is 6.03. The van der Waals surface area contributed by atoms with E-state index in [9.17, 15) is 0 Å². The molecule has 1 aliphatic carbocycles. The molecule has 0 aliphatic heterocycles. The van der Waals surface area contributed by atoms with Gasteiger partial charge in [0, 0.05) is 11.3 Å². The average molecular weight is 221 g/mol. The Labute approximate surface area is 95.8 Å². The van der Waals surface area contributed by atoms with Crippen LogP contribution in [0.3, 0.4) is 0 Å². The smallest absolute Gasteiger partial charge is 0.0910 e. The van der Waals surface area contributed by atoms with Gasteiger partial charge in [-0.2, -0.15) is 5.10 Å². The van der Waals surface area contributed by atoms with Crippen LogP contribution < -0.4 is 0 Å². The van der Waals surface area contributed by atoms with Gasteiger partial charge in [-0.1, -0.05) is 32.3 Å². The molecule has 1 aromatic rings. The number of aromatic nitrogens is 2. The van der Waals surface area contributed by atoms with Gasteiger partial charge in [0.1, 0.15) is 0 Å². The number of hydrogen-bond donors (Lipinski definition) is 2. The molecule has 0 fully saturated rings. The Morgan fingerprint density at radius 1 is 1.44 bits per heavy atom. The van der Waals surface area contributed by atoms with Gasteiger partial charge in [-0.15, -0.1) is 0 Å². The summed E-state index contributed by atoms with van der Waals surface area (Å²) in [6.07, 6.45) is 3.77. The maximum atomic E-state index is 9.13. The number of aryl methyl sites for hydroxylation is 1. The fourth-order valence-electron chi connectivity index (χ4n) is 2.48. The van der Waals surface area contributed by atoms with E-state index in [2.05, 4.69) is 36.1 Å². The molecule has 0 atom stereocenters. The van der Waals surface area contributed by atoms with E-state index in [4.69, 9.17) is 5.21 Å². The van der Waals surface area contributed by atoms with Crippen molar-refractivity contribution in [3.63, 3.8) is 0 Å². The highest BCUT2D eigenvalue weighted by Gasteiger charge is 2.33.